The number of amides is 1. The quantitative estimate of drug-likeness (QED) is 0.547. The molecule has 1 aromatic carbocycles. The first-order chi connectivity index (χ1) is 16.6. The van der Waals surface area contributed by atoms with Gasteiger partial charge in [0.05, 0.1) is 17.0 Å². The van der Waals surface area contributed by atoms with Gasteiger partial charge in [-0.15, -0.1) is 0 Å². The van der Waals surface area contributed by atoms with E-state index in [4.69, 9.17) is 0 Å². The summed E-state index contributed by atoms with van der Waals surface area (Å²) in [4.78, 5) is 30.2. The summed E-state index contributed by atoms with van der Waals surface area (Å²) in [6.45, 7) is 4.35. The molecule has 0 bridgehead atoms. The summed E-state index contributed by atoms with van der Waals surface area (Å²) in [5, 5.41) is 12.9. The molecule has 1 aliphatic rings. The minimum atomic E-state index is -4.52. The van der Waals surface area contributed by atoms with Gasteiger partial charge in [0, 0.05) is 17.9 Å². The number of rotatable bonds is 8. The second kappa shape index (κ2) is 11.0. The van der Waals surface area contributed by atoms with Crippen molar-refractivity contribution >= 4 is 27.5 Å². The lowest BCUT2D eigenvalue weighted by Gasteiger charge is -2.29. The molecular weight excluding hydrogens is 478 g/mol. The van der Waals surface area contributed by atoms with Crippen LogP contribution in [0.5, 0.6) is 0 Å². The topological polar surface area (TPSA) is 120 Å². The Labute approximate surface area is 203 Å². The molecule has 0 unspecified atom stereocenters. The predicted octanol–water partition coefficient (Wildman–Crippen LogP) is 3.39. The van der Waals surface area contributed by atoms with Crippen molar-refractivity contribution in [2.75, 3.05) is 17.4 Å². The van der Waals surface area contributed by atoms with Crippen LogP contribution in [0.3, 0.4) is 0 Å². The second-order valence-electron chi connectivity index (χ2n) is 8.41. The molecule has 0 atom stereocenters. The normalized spacial score (nSPS) is 14.4. The lowest BCUT2D eigenvalue weighted by atomic mass is 9.97. The third kappa shape index (κ3) is 5.89. The van der Waals surface area contributed by atoms with Gasteiger partial charge < -0.3 is 5.32 Å². The number of pyridine rings is 1. The minimum Gasteiger partial charge on any atom is -0.317 e. The number of aryl methyl sites for hydroxylation is 1. The number of ketones is 1. The predicted molar refractivity (Wildman–Crippen MR) is 125 cm³/mol. The summed E-state index contributed by atoms with van der Waals surface area (Å²) >= 11 is 0. The Bertz CT molecular complexity index is 1290. The van der Waals surface area contributed by atoms with Gasteiger partial charge in [0.25, 0.3) is 0 Å². The number of aromatic nitrogens is 1. The van der Waals surface area contributed by atoms with Gasteiger partial charge in [-0.05, 0) is 63.0 Å². The first-order valence-corrected chi connectivity index (χ1v) is 12.9. The largest absolute Gasteiger partial charge is 0.317 e. The average Bonchev–Trinajstić information content (AvgIpc) is 2.82. The molecule has 3 rings (SSSR count). The first kappa shape index (κ1) is 26.4. The number of anilines is 1. The van der Waals surface area contributed by atoms with Gasteiger partial charge in [-0.1, -0.05) is 13.0 Å². The number of sulfonamides is 1. The number of carbonyl (C=O) groups is 2. The van der Waals surface area contributed by atoms with Crippen LogP contribution in [0.2, 0.25) is 0 Å². The first-order valence-electron chi connectivity index (χ1n) is 11.3. The van der Waals surface area contributed by atoms with Crippen molar-refractivity contribution in [3.63, 3.8) is 0 Å². The molecule has 1 aromatic heterocycles. The zero-order chi connectivity index (χ0) is 25.8. The van der Waals surface area contributed by atoms with E-state index in [9.17, 15) is 32.0 Å². The molecule has 35 heavy (non-hydrogen) atoms. The van der Waals surface area contributed by atoms with E-state index in [1.807, 2.05) is 13.0 Å². The molecule has 0 saturated carbocycles. The highest BCUT2D eigenvalue weighted by molar-refractivity contribution is 7.92. The van der Waals surface area contributed by atoms with E-state index in [-0.39, 0.29) is 34.6 Å². The van der Waals surface area contributed by atoms with Crippen LogP contribution in [0, 0.1) is 35.8 Å². The number of piperidine rings is 1. The van der Waals surface area contributed by atoms with E-state index >= 15 is 0 Å². The van der Waals surface area contributed by atoms with Gasteiger partial charge in [0.15, 0.2) is 23.2 Å². The Kier molecular flexibility index (Phi) is 8.30. The lowest BCUT2D eigenvalue weighted by molar-refractivity contribution is -0.121. The van der Waals surface area contributed by atoms with Crippen LogP contribution < -0.4 is 9.62 Å². The molecule has 1 fully saturated rings. The summed E-state index contributed by atoms with van der Waals surface area (Å²) in [6, 6.07) is 5.77. The molecule has 8 nitrogen and oxygen atoms in total. The second-order valence-corrected chi connectivity index (χ2v) is 10.2. The molecule has 0 aliphatic carbocycles. The highest BCUT2D eigenvalue weighted by Crippen LogP contribution is 2.29. The van der Waals surface area contributed by atoms with Gasteiger partial charge in [-0.3, -0.25) is 9.59 Å². The molecule has 0 radical (unpaired) electrons. The van der Waals surface area contributed by atoms with E-state index < -0.39 is 45.1 Å². The highest BCUT2D eigenvalue weighted by atomic mass is 32.2. The summed E-state index contributed by atoms with van der Waals surface area (Å²) in [5.41, 5.74) is 0.0474. The van der Waals surface area contributed by atoms with Crippen LogP contribution in [0.1, 0.15) is 59.8 Å². The fourth-order valence-corrected chi connectivity index (χ4v) is 5.54. The Morgan fingerprint density at radius 1 is 1.20 bits per heavy atom. The van der Waals surface area contributed by atoms with Crippen molar-refractivity contribution in [2.45, 2.75) is 45.3 Å². The molecule has 1 saturated heterocycles. The number of hydrogen-bond acceptors (Lipinski definition) is 7. The summed E-state index contributed by atoms with van der Waals surface area (Å²) < 4.78 is 54.7. The molecular formula is C24H26F2N4O4S. The smallest absolute Gasteiger partial charge is 0.247 e. The van der Waals surface area contributed by atoms with E-state index in [0.29, 0.717) is 36.7 Å². The van der Waals surface area contributed by atoms with Crippen molar-refractivity contribution in [2.24, 2.45) is 5.92 Å². The van der Waals surface area contributed by atoms with Crippen LogP contribution in [0.4, 0.5) is 14.6 Å². The van der Waals surface area contributed by atoms with E-state index in [1.54, 1.807) is 0 Å². The maximum absolute atomic E-state index is 13.7. The van der Waals surface area contributed by atoms with Gasteiger partial charge in [0.2, 0.25) is 15.9 Å². The number of hydrogen-bond donors (Lipinski definition) is 1. The maximum atomic E-state index is 13.7. The zero-order valence-corrected chi connectivity index (χ0v) is 20.3. The van der Waals surface area contributed by atoms with Gasteiger partial charge in [-0.2, -0.15) is 9.57 Å². The van der Waals surface area contributed by atoms with Crippen molar-refractivity contribution < 1.29 is 26.8 Å². The van der Waals surface area contributed by atoms with Gasteiger partial charge in [0.1, 0.15) is 6.07 Å². The molecule has 186 valence electrons. The van der Waals surface area contributed by atoms with Crippen molar-refractivity contribution in [3.8, 4) is 6.07 Å². The molecule has 2 aromatic rings. The molecule has 1 amide bonds. The van der Waals surface area contributed by atoms with Crippen LogP contribution >= 0.6 is 0 Å². The Hall–Kier alpha value is -3.23. The van der Waals surface area contributed by atoms with E-state index in [2.05, 4.69) is 10.3 Å². The molecule has 11 heteroatoms. The Morgan fingerprint density at radius 3 is 2.49 bits per heavy atom. The summed E-state index contributed by atoms with van der Waals surface area (Å²) in [6.07, 6.45) is 1.55. The van der Waals surface area contributed by atoms with Gasteiger partial charge in [-0.25, -0.2) is 22.2 Å². The Morgan fingerprint density at radius 2 is 1.89 bits per heavy atom. The number of halogens is 2. The van der Waals surface area contributed by atoms with Crippen LogP contribution in [0.15, 0.2) is 24.3 Å². The molecule has 2 heterocycles. The van der Waals surface area contributed by atoms with Crippen molar-refractivity contribution in [1.29, 1.82) is 5.26 Å². The SMILES string of the molecule is CCCC(=O)c1cc(C#N)c(N(C(=O)C2CCNCC2)S(=O)(=O)Cc2ccc(F)c(F)c2)nc1C. The number of carbonyl (C=O) groups excluding carboxylic acids is 2. The van der Waals surface area contributed by atoms with Crippen LogP contribution in [-0.2, 0) is 20.6 Å². The Balaban J connectivity index is 2.13. The van der Waals surface area contributed by atoms with Crippen LogP contribution in [-0.4, -0.2) is 38.2 Å². The fraction of sp³-hybridized carbons (Fsp3) is 0.417. The third-order valence-corrected chi connectivity index (χ3v) is 7.39. The van der Waals surface area contributed by atoms with Crippen molar-refractivity contribution in [3.05, 3.63) is 58.3 Å². The molecule has 1 N–H and O–H groups in total. The maximum Gasteiger partial charge on any atom is 0.247 e. The average molecular weight is 505 g/mol. The number of nitrogens with one attached hydrogen (secondary N) is 1. The van der Waals surface area contributed by atoms with Gasteiger partial charge >= 0.3 is 0 Å². The molecule has 0 spiro atoms. The number of benzene rings is 1. The molecule has 1 aliphatic heterocycles. The lowest BCUT2D eigenvalue weighted by Crippen LogP contribution is -2.45. The van der Waals surface area contributed by atoms with Crippen LogP contribution in [0.25, 0.3) is 0 Å². The number of nitriles is 1. The number of Topliss-reactive ketones (excluding diaryl/α,β-unsaturated/α-hetero) is 1. The summed E-state index contributed by atoms with van der Waals surface area (Å²) in [5.74, 6) is -5.23. The standard InChI is InChI=1S/C24H26F2N4O4S/c1-3-4-22(31)19-12-18(13-27)23(29-15(19)2)30(24(32)17-7-9-28-10-8-17)35(33,34)14-16-5-6-20(25)21(26)11-16/h5-6,11-12,17,28H,3-4,7-10,14H2,1-2H3. The third-order valence-electron chi connectivity index (χ3n) is 5.78. The minimum absolute atomic E-state index is 0.0722. The zero-order valence-electron chi connectivity index (χ0n) is 19.5. The van der Waals surface area contributed by atoms with E-state index in [1.165, 1.54) is 13.0 Å². The number of nitrogens with zero attached hydrogens (tertiary/aromatic N) is 3. The van der Waals surface area contributed by atoms with E-state index in [0.717, 1.165) is 18.2 Å². The summed E-state index contributed by atoms with van der Waals surface area (Å²) in [7, 11) is -4.52. The van der Waals surface area contributed by atoms with Crippen molar-refractivity contribution in [1.82, 2.24) is 10.3 Å². The highest BCUT2D eigenvalue weighted by Gasteiger charge is 2.38. The monoisotopic (exact) mass is 504 g/mol. The fourth-order valence-electron chi connectivity index (χ4n) is 3.99.